The van der Waals surface area contributed by atoms with Crippen molar-refractivity contribution in [1.29, 1.82) is 5.26 Å². The van der Waals surface area contributed by atoms with Gasteiger partial charge in [-0.15, -0.1) is 12.6 Å². The minimum atomic E-state index is -3.95. The van der Waals surface area contributed by atoms with Crippen LogP contribution in [0, 0.1) is 11.3 Å². The van der Waals surface area contributed by atoms with E-state index in [2.05, 4.69) is 23.3 Å². The zero-order valence-corrected chi connectivity index (χ0v) is 18.6. The van der Waals surface area contributed by atoms with Crippen LogP contribution in [0.1, 0.15) is 5.56 Å². The van der Waals surface area contributed by atoms with Crippen LogP contribution in [0.2, 0.25) is 0 Å². The molecule has 0 radical (unpaired) electrons. The number of rotatable bonds is 8. The van der Waals surface area contributed by atoms with Crippen LogP contribution in [-0.2, 0) is 19.8 Å². The largest absolute Gasteiger partial charge is 0.493 e. The zero-order valence-electron chi connectivity index (χ0n) is 16.9. The van der Waals surface area contributed by atoms with Crippen molar-refractivity contribution in [3.8, 4) is 17.6 Å². The van der Waals surface area contributed by atoms with Gasteiger partial charge in [0.1, 0.15) is 17.1 Å². The van der Waals surface area contributed by atoms with Crippen LogP contribution in [0.3, 0.4) is 0 Å². The predicted molar refractivity (Wildman–Crippen MR) is 115 cm³/mol. The fraction of sp³-hybridized carbons (Fsp3) is 0.278. The van der Waals surface area contributed by atoms with Gasteiger partial charge in [0.15, 0.2) is 18.1 Å². The van der Waals surface area contributed by atoms with Crippen molar-refractivity contribution in [3.63, 3.8) is 0 Å². The van der Waals surface area contributed by atoms with Gasteiger partial charge in [-0.2, -0.15) is 18.0 Å². The predicted octanol–water partition coefficient (Wildman–Crippen LogP) is -0.280. The number of hydrogen-bond donors (Lipinski definition) is 4. The number of hydrogen-bond acceptors (Lipinski definition) is 9. The summed E-state index contributed by atoms with van der Waals surface area (Å²) in [5.41, 5.74) is -0.0986. The van der Waals surface area contributed by atoms with Gasteiger partial charge >= 0.3 is 10.2 Å². The smallest absolute Gasteiger partial charge is 0.303 e. The van der Waals surface area contributed by atoms with Crippen molar-refractivity contribution in [2.45, 2.75) is 5.50 Å². The van der Waals surface area contributed by atoms with Crippen LogP contribution in [0.15, 0.2) is 35.5 Å². The van der Waals surface area contributed by atoms with Gasteiger partial charge in [-0.3, -0.25) is 9.59 Å². The standard InChI is InChI=1S/C18H21N5O6S2/c1-23(2)31(26,27)22-15(24)10-29-16-11(5-4-6-14(16)28-3)7-8-13-12(9-19)17(25)21-18(30)20-13/h4-8,18,20,30H,10H2,1-3H3,(H,21,25)(H,22,24)/b8-7+. The molecule has 31 heavy (non-hydrogen) atoms. The van der Waals surface area contributed by atoms with Gasteiger partial charge in [0.2, 0.25) is 0 Å². The number of allylic oxidation sites excluding steroid dienone is 1. The van der Waals surface area contributed by atoms with E-state index >= 15 is 0 Å². The number of nitrogens with one attached hydrogen (secondary N) is 3. The number of carbonyl (C=O) groups is 2. The lowest BCUT2D eigenvalue weighted by atomic mass is 10.1. The number of methoxy groups -OCH3 is 1. The highest BCUT2D eigenvalue weighted by molar-refractivity contribution is 7.87. The third-order valence-electron chi connectivity index (χ3n) is 3.90. The Bertz CT molecular complexity index is 1080. The quantitative estimate of drug-likeness (QED) is 0.381. The molecule has 2 amide bonds. The molecule has 0 spiro atoms. The summed E-state index contributed by atoms with van der Waals surface area (Å²) in [7, 11) is 0.00346. The Balaban J connectivity index is 2.28. The number of nitrogens with zero attached hydrogens (tertiary/aromatic N) is 2. The highest BCUT2D eigenvalue weighted by atomic mass is 32.2. The number of benzene rings is 1. The lowest BCUT2D eigenvalue weighted by Crippen LogP contribution is -2.46. The average Bonchev–Trinajstić information content (AvgIpc) is 2.69. The molecule has 0 fully saturated rings. The summed E-state index contributed by atoms with van der Waals surface area (Å²) in [5, 5.41) is 14.5. The van der Waals surface area contributed by atoms with E-state index in [-0.39, 0.29) is 17.0 Å². The van der Waals surface area contributed by atoms with Crippen molar-refractivity contribution in [2.24, 2.45) is 0 Å². The second-order valence-electron chi connectivity index (χ2n) is 6.23. The summed E-state index contributed by atoms with van der Waals surface area (Å²) in [5.74, 6) is -0.990. The number of thiol groups is 1. The zero-order chi connectivity index (χ0) is 23.2. The van der Waals surface area contributed by atoms with Crippen molar-refractivity contribution in [1.82, 2.24) is 19.7 Å². The van der Waals surface area contributed by atoms with Crippen molar-refractivity contribution in [2.75, 3.05) is 27.8 Å². The van der Waals surface area contributed by atoms with E-state index in [0.717, 1.165) is 4.31 Å². The molecule has 0 aliphatic carbocycles. The Labute approximate surface area is 185 Å². The first-order valence-electron chi connectivity index (χ1n) is 8.70. The summed E-state index contributed by atoms with van der Waals surface area (Å²) in [4.78, 5) is 23.9. The van der Waals surface area contributed by atoms with E-state index in [4.69, 9.17) is 9.47 Å². The first kappa shape index (κ1) is 24.1. The average molecular weight is 468 g/mol. The topological polar surface area (TPSA) is 150 Å². The first-order valence-corrected chi connectivity index (χ1v) is 10.7. The van der Waals surface area contributed by atoms with Crippen molar-refractivity contribution < 1.29 is 27.5 Å². The molecule has 13 heteroatoms. The number of nitriles is 1. The SMILES string of the molecule is COc1cccc(/C=C/C2=C(C#N)C(=O)NC(S)N2)c1OCC(=O)NS(=O)(=O)N(C)C. The van der Waals surface area contributed by atoms with E-state index in [0.29, 0.717) is 11.3 Å². The molecule has 1 aliphatic heterocycles. The summed E-state index contributed by atoms with van der Waals surface area (Å²) in [6.07, 6.45) is 3.03. The molecular weight excluding hydrogens is 446 g/mol. The summed E-state index contributed by atoms with van der Waals surface area (Å²) < 4.78 is 37.0. The molecule has 1 unspecified atom stereocenters. The molecule has 0 saturated heterocycles. The van der Waals surface area contributed by atoms with Gasteiger partial charge in [0, 0.05) is 19.7 Å². The normalized spacial score (nSPS) is 16.5. The van der Waals surface area contributed by atoms with Crippen LogP contribution in [-0.4, -0.2) is 57.8 Å². The van der Waals surface area contributed by atoms with E-state index in [9.17, 15) is 23.3 Å². The molecule has 166 valence electrons. The molecule has 0 bridgehead atoms. The van der Waals surface area contributed by atoms with Crippen LogP contribution in [0.25, 0.3) is 6.08 Å². The maximum atomic E-state index is 12.0. The Kier molecular flexibility index (Phi) is 7.92. The second kappa shape index (κ2) is 10.2. The van der Waals surface area contributed by atoms with Crippen LogP contribution in [0.5, 0.6) is 11.5 Å². The van der Waals surface area contributed by atoms with E-state index in [1.54, 1.807) is 24.3 Å². The van der Waals surface area contributed by atoms with Gasteiger partial charge in [0.05, 0.1) is 12.8 Å². The molecule has 1 aliphatic rings. The fourth-order valence-electron chi connectivity index (χ4n) is 2.37. The lowest BCUT2D eigenvalue weighted by Gasteiger charge is -2.22. The number of ether oxygens (including phenoxy) is 2. The summed E-state index contributed by atoms with van der Waals surface area (Å²) in [6.45, 7) is -0.597. The first-order chi connectivity index (χ1) is 14.6. The maximum Gasteiger partial charge on any atom is 0.303 e. The summed E-state index contributed by atoms with van der Waals surface area (Å²) >= 11 is 4.13. The lowest BCUT2D eigenvalue weighted by molar-refractivity contribution is -0.121. The number of para-hydroxylation sites is 1. The Hall–Kier alpha value is -3.21. The Morgan fingerprint density at radius 2 is 2.06 bits per heavy atom. The van der Waals surface area contributed by atoms with Gasteiger partial charge in [0.25, 0.3) is 11.8 Å². The number of carbonyl (C=O) groups excluding carboxylic acids is 2. The molecule has 1 heterocycles. The minimum absolute atomic E-state index is 0.125. The molecule has 2 rings (SSSR count). The second-order valence-corrected chi connectivity index (χ2v) is 8.64. The third kappa shape index (κ3) is 6.14. The van der Waals surface area contributed by atoms with Gasteiger partial charge in [-0.25, -0.2) is 4.72 Å². The highest BCUT2D eigenvalue weighted by Gasteiger charge is 2.23. The van der Waals surface area contributed by atoms with E-state index in [1.807, 2.05) is 10.8 Å². The third-order valence-corrected chi connectivity index (χ3v) is 5.60. The molecule has 1 atom stereocenters. The maximum absolute atomic E-state index is 12.0. The van der Waals surface area contributed by atoms with Crippen LogP contribution >= 0.6 is 12.6 Å². The Morgan fingerprint density at radius 1 is 1.35 bits per heavy atom. The molecule has 0 aromatic heterocycles. The summed E-state index contributed by atoms with van der Waals surface area (Å²) in [6, 6.07) is 6.73. The van der Waals surface area contributed by atoms with E-state index in [1.165, 1.54) is 27.3 Å². The molecule has 0 saturated carbocycles. The van der Waals surface area contributed by atoms with Crippen LogP contribution < -0.4 is 24.8 Å². The van der Waals surface area contributed by atoms with Gasteiger partial charge in [-0.1, -0.05) is 12.1 Å². The Morgan fingerprint density at radius 3 is 2.68 bits per heavy atom. The molecule has 1 aromatic carbocycles. The minimum Gasteiger partial charge on any atom is -0.493 e. The van der Waals surface area contributed by atoms with Gasteiger partial charge in [-0.05, 0) is 18.2 Å². The van der Waals surface area contributed by atoms with Crippen LogP contribution in [0.4, 0.5) is 0 Å². The molecule has 1 aromatic rings. The molecule has 11 nitrogen and oxygen atoms in total. The molecular formula is C18H21N5O6S2. The number of amides is 2. The van der Waals surface area contributed by atoms with Crippen molar-refractivity contribution >= 4 is 40.7 Å². The van der Waals surface area contributed by atoms with Gasteiger partial charge < -0.3 is 20.1 Å². The van der Waals surface area contributed by atoms with Crippen molar-refractivity contribution in [3.05, 3.63) is 41.1 Å². The fourth-order valence-corrected chi connectivity index (χ4v) is 3.16. The highest BCUT2D eigenvalue weighted by Crippen LogP contribution is 2.32. The monoisotopic (exact) mass is 467 g/mol. The molecule has 3 N–H and O–H groups in total. The van der Waals surface area contributed by atoms with E-state index < -0.39 is 34.1 Å².